The zero-order chi connectivity index (χ0) is 15.8. The van der Waals surface area contributed by atoms with Crippen molar-refractivity contribution in [2.45, 2.75) is 12.8 Å². The number of H-pyrrole nitrogens is 1. The van der Waals surface area contributed by atoms with Crippen LogP contribution in [0.2, 0.25) is 0 Å². The van der Waals surface area contributed by atoms with Crippen LogP contribution in [0.25, 0.3) is 0 Å². The lowest BCUT2D eigenvalue weighted by Crippen LogP contribution is -2.50. The highest BCUT2D eigenvalue weighted by Gasteiger charge is 2.36. The topological polar surface area (TPSA) is 56.4 Å². The minimum absolute atomic E-state index is 0.0646. The minimum atomic E-state index is -0.223. The normalized spacial score (nSPS) is 30.1. The number of aromatic nitrogens is 1. The molecule has 5 heteroatoms. The molecule has 0 aromatic carbocycles. The lowest BCUT2D eigenvalue weighted by atomic mass is 9.93. The van der Waals surface area contributed by atoms with E-state index in [1.807, 2.05) is 4.90 Å². The average molecular weight is 313 g/mol. The Balaban J connectivity index is 1.31. The molecule has 1 aromatic rings. The third-order valence-electron chi connectivity index (χ3n) is 5.57. The Hall–Kier alpha value is -1.88. The van der Waals surface area contributed by atoms with Crippen molar-refractivity contribution in [3.05, 3.63) is 46.4 Å². The van der Waals surface area contributed by atoms with Crippen molar-refractivity contribution in [3.8, 4) is 0 Å². The van der Waals surface area contributed by atoms with Gasteiger partial charge in [-0.25, -0.2) is 0 Å². The van der Waals surface area contributed by atoms with E-state index in [2.05, 4.69) is 22.0 Å². The lowest BCUT2D eigenvalue weighted by Gasteiger charge is -2.36. The number of hydrogen-bond donors (Lipinski definition) is 1. The Bertz CT molecular complexity index is 673. The first-order chi connectivity index (χ1) is 11.2. The summed E-state index contributed by atoms with van der Waals surface area (Å²) in [5.41, 5.74) is 0.169. The van der Waals surface area contributed by atoms with Crippen molar-refractivity contribution >= 4 is 5.91 Å². The Morgan fingerprint density at radius 1 is 1.13 bits per heavy atom. The van der Waals surface area contributed by atoms with Crippen LogP contribution in [0, 0.1) is 17.8 Å². The number of nitrogens with zero attached hydrogens (tertiary/aromatic N) is 2. The number of carbonyl (C=O) groups is 1. The number of amides is 1. The molecule has 2 fully saturated rings. The second-order valence-corrected chi connectivity index (χ2v) is 7.06. The summed E-state index contributed by atoms with van der Waals surface area (Å²) >= 11 is 0. The number of carbonyl (C=O) groups excluding carboxylic acids is 1. The van der Waals surface area contributed by atoms with Gasteiger partial charge in [0.1, 0.15) is 5.69 Å². The van der Waals surface area contributed by atoms with E-state index in [0.29, 0.717) is 5.69 Å². The molecule has 0 spiro atoms. The zero-order valence-corrected chi connectivity index (χ0v) is 13.3. The maximum Gasteiger partial charge on any atom is 0.270 e. The van der Waals surface area contributed by atoms with Gasteiger partial charge in [0, 0.05) is 38.8 Å². The number of piperazine rings is 1. The van der Waals surface area contributed by atoms with Gasteiger partial charge in [-0.15, -0.1) is 0 Å². The summed E-state index contributed by atoms with van der Waals surface area (Å²) in [6.07, 6.45) is 7.48. The molecule has 2 bridgehead atoms. The van der Waals surface area contributed by atoms with Gasteiger partial charge in [-0.2, -0.15) is 0 Å². The van der Waals surface area contributed by atoms with Gasteiger partial charge >= 0.3 is 0 Å². The molecule has 3 aliphatic rings. The molecule has 1 unspecified atom stereocenters. The van der Waals surface area contributed by atoms with Crippen molar-refractivity contribution < 1.29 is 4.79 Å². The van der Waals surface area contributed by atoms with E-state index >= 15 is 0 Å². The van der Waals surface area contributed by atoms with Crippen LogP contribution in [0.4, 0.5) is 0 Å². The Morgan fingerprint density at radius 2 is 1.96 bits per heavy atom. The van der Waals surface area contributed by atoms with Gasteiger partial charge in [-0.3, -0.25) is 14.5 Å². The number of rotatable bonds is 3. The Kier molecular flexibility index (Phi) is 3.81. The fourth-order valence-corrected chi connectivity index (χ4v) is 4.31. The average Bonchev–Trinajstić information content (AvgIpc) is 3.18. The highest BCUT2D eigenvalue weighted by Crippen LogP contribution is 2.43. The summed E-state index contributed by atoms with van der Waals surface area (Å²) in [4.78, 5) is 30.8. The summed E-state index contributed by atoms with van der Waals surface area (Å²) < 4.78 is 0. The zero-order valence-electron chi connectivity index (χ0n) is 13.3. The molecule has 3 atom stereocenters. The van der Waals surface area contributed by atoms with E-state index in [1.165, 1.54) is 18.9 Å². The number of nitrogens with one attached hydrogen (secondary N) is 1. The van der Waals surface area contributed by atoms with Crippen LogP contribution in [-0.4, -0.2) is 53.4 Å². The molecule has 0 radical (unpaired) electrons. The summed E-state index contributed by atoms with van der Waals surface area (Å²) in [7, 11) is 0. The van der Waals surface area contributed by atoms with Gasteiger partial charge in [0.15, 0.2) is 0 Å². The van der Waals surface area contributed by atoms with E-state index in [1.54, 1.807) is 12.1 Å². The van der Waals surface area contributed by atoms with Gasteiger partial charge in [0.05, 0.1) is 0 Å². The first-order valence-corrected chi connectivity index (χ1v) is 8.58. The maximum absolute atomic E-state index is 12.4. The van der Waals surface area contributed by atoms with Crippen LogP contribution in [0.3, 0.4) is 0 Å². The van der Waals surface area contributed by atoms with Gasteiger partial charge in [0.25, 0.3) is 5.91 Å². The summed E-state index contributed by atoms with van der Waals surface area (Å²) in [6.45, 7) is 4.51. The van der Waals surface area contributed by atoms with Crippen molar-refractivity contribution in [1.82, 2.24) is 14.8 Å². The molecule has 2 aliphatic carbocycles. The Labute approximate surface area is 136 Å². The number of allylic oxidation sites excluding steroid dienone is 2. The predicted octanol–water partition coefficient (Wildman–Crippen LogP) is 1.34. The first kappa shape index (κ1) is 14.7. The smallest absolute Gasteiger partial charge is 0.270 e. The van der Waals surface area contributed by atoms with Gasteiger partial charge in [-0.05, 0) is 36.7 Å². The third-order valence-corrected chi connectivity index (χ3v) is 5.57. The largest absolute Gasteiger partial charge is 0.335 e. The lowest BCUT2D eigenvalue weighted by molar-refractivity contribution is 0.0604. The molecule has 1 aliphatic heterocycles. The van der Waals surface area contributed by atoms with Crippen LogP contribution in [-0.2, 0) is 0 Å². The van der Waals surface area contributed by atoms with E-state index in [0.717, 1.165) is 50.5 Å². The van der Waals surface area contributed by atoms with Crippen molar-refractivity contribution in [2.75, 3.05) is 32.7 Å². The SMILES string of the molecule is O=C(c1cccc(=O)[nH]1)N1CCN(CC2C[C@H]3C=C[C@@H]2C3)CC1. The fourth-order valence-electron chi connectivity index (χ4n) is 4.31. The van der Waals surface area contributed by atoms with Crippen molar-refractivity contribution in [1.29, 1.82) is 0 Å². The number of pyridine rings is 1. The van der Waals surface area contributed by atoms with Crippen LogP contribution in [0.1, 0.15) is 23.3 Å². The quantitative estimate of drug-likeness (QED) is 0.857. The molecule has 2 heterocycles. The van der Waals surface area contributed by atoms with E-state index < -0.39 is 0 Å². The van der Waals surface area contributed by atoms with E-state index in [4.69, 9.17) is 0 Å². The molecular weight excluding hydrogens is 290 g/mol. The van der Waals surface area contributed by atoms with Crippen LogP contribution in [0.15, 0.2) is 35.1 Å². The monoisotopic (exact) mass is 313 g/mol. The standard InChI is InChI=1S/C18H23N3O2/c22-17-3-1-2-16(19-17)18(23)21-8-6-20(7-9-21)12-15-11-13-4-5-14(15)10-13/h1-5,13-15H,6-12H2,(H,19,22)/t13-,14+,15?/m0/s1. The molecule has 122 valence electrons. The Morgan fingerprint density at radius 3 is 2.61 bits per heavy atom. The maximum atomic E-state index is 12.4. The van der Waals surface area contributed by atoms with Crippen molar-refractivity contribution in [2.24, 2.45) is 17.8 Å². The predicted molar refractivity (Wildman–Crippen MR) is 88.3 cm³/mol. The van der Waals surface area contributed by atoms with Crippen LogP contribution in [0.5, 0.6) is 0 Å². The molecule has 1 aromatic heterocycles. The van der Waals surface area contributed by atoms with Gasteiger partial charge in [-0.1, -0.05) is 18.2 Å². The summed E-state index contributed by atoms with van der Waals surface area (Å²) in [5.74, 6) is 2.35. The molecule has 1 saturated heterocycles. The minimum Gasteiger partial charge on any atom is -0.335 e. The van der Waals surface area contributed by atoms with Gasteiger partial charge < -0.3 is 9.88 Å². The van der Waals surface area contributed by atoms with Crippen molar-refractivity contribution in [3.63, 3.8) is 0 Å². The highest BCUT2D eigenvalue weighted by molar-refractivity contribution is 5.92. The second kappa shape index (κ2) is 5.96. The van der Waals surface area contributed by atoms with E-state index in [-0.39, 0.29) is 11.5 Å². The molecule has 1 saturated carbocycles. The summed E-state index contributed by atoms with van der Waals surface area (Å²) in [5, 5.41) is 0. The molecule has 4 rings (SSSR count). The molecule has 5 nitrogen and oxygen atoms in total. The molecule has 1 amide bonds. The molecule has 23 heavy (non-hydrogen) atoms. The summed E-state index contributed by atoms with van der Waals surface area (Å²) in [6, 6.07) is 4.74. The highest BCUT2D eigenvalue weighted by atomic mass is 16.2. The van der Waals surface area contributed by atoms with Crippen LogP contribution >= 0.6 is 0 Å². The van der Waals surface area contributed by atoms with Gasteiger partial charge in [0.2, 0.25) is 5.56 Å². The second-order valence-electron chi connectivity index (χ2n) is 7.06. The number of fused-ring (bicyclic) bond motifs is 2. The number of hydrogen-bond acceptors (Lipinski definition) is 3. The van der Waals surface area contributed by atoms with E-state index in [9.17, 15) is 9.59 Å². The first-order valence-electron chi connectivity index (χ1n) is 8.58. The number of aromatic amines is 1. The molecule has 1 N–H and O–H groups in total. The van der Waals surface area contributed by atoms with Crippen LogP contribution < -0.4 is 5.56 Å². The fraction of sp³-hybridized carbons (Fsp3) is 0.556. The third kappa shape index (κ3) is 2.98. The molecular formula is C18H23N3O2.